The Hall–Kier alpha value is -4.09. The first-order chi connectivity index (χ1) is 14.1. The Morgan fingerprint density at radius 1 is 0.828 bits per heavy atom. The molecule has 0 fully saturated rings. The van der Waals surface area contributed by atoms with Crippen LogP contribution in [0.3, 0.4) is 0 Å². The monoisotopic (exact) mass is 377 g/mol. The number of nitriles is 2. The number of hydrogen-bond acceptors (Lipinski definition) is 4. The topological polar surface area (TPSA) is 68.6 Å². The van der Waals surface area contributed by atoms with Crippen molar-refractivity contribution >= 4 is 16.6 Å². The van der Waals surface area contributed by atoms with Crippen LogP contribution in [0.4, 0.5) is 5.69 Å². The highest BCUT2D eigenvalue weighted by Crippen LogP contribution is 2.25. The SMILES string of the molecule is Cn1cc2cc(N(Cc3ccc(C#N)cc3)Cc3ccc(C#N)cc3)ccc2n1. The van der Waals surface area contributed by atoms with Crippen LogP contribution in [-0.4, -0.2) is 9.78 Å². The summed E-state index contributed by atoms with van der Waals surface area (Å²) < 4.78 is 1.82. The van der Waals surface area contributed by atoms with Gasteiger partial charge in [0.15, 0.2) is 0 Å². The van der Waals surface area contributed by atoms with Gasteiger partial charge in [0, 0.05) is 37.4 Å². The molecule has 0 aliphatic rings. The third kappa shape index (κ3) is 4.10. The van der Waals surface area contributed by atoms with Gasteiger partial charge in [0.25, 0.3) is 0 Å². The van der Waals surface area contributed by atoms with Gasteiger partial charge in [-0.05, 0) is 53.6 Å². The predicted octanol–water partition coefficient (Wildman–Crippen LogP) is 4.52. The van der Waals surface area contributed by atoms with Gasteiger partial charge >= 0.3 is 0 Å². The molecule has 0 saturated carbocycles. The van der Waals surface area contributed by atoms with Crippen LogP contribution in [0.25, 0.3) is 10.9 Å². The number of fused-ring (bicyclic) bond motifs is 1. The summed E-state index contributed by atoms with van der Waals surface area (Å²) in [6.07, 6.45) is 2.01. The fourth-order valence-electron chi connectivity index (χ4n) is 3.38. The van der Waals surface area contributed by atoms with Crippen LogP contribution in [0.2, 0.25) is 0 Å². The minimum absolute atomic E-state index is 0.657. The highest BCUT2D eigenvalue weighted by Gasteiger charge is 2.11. The molecule has 5 heteroatoms. The molecule has 0 bridgehead atoms. The molecule has 0 saturated heterocycles. The lowest BCUT2D eigenvalue weighted by atomic mass is 10.1. The summed E-state index contributed by atoms with van der Waals surface area (Å²) in [5.41, 5.74) is 5.63. The van der Waals surface area contributed by atoms with Crippen molar-refractivity contribution in [2.45, 2.75) is 13.1 Å². The van der Waals surface area contributed by atoms with Crippen molar-refractivity contribution in [3.05, 3.63) is 95.2 Å². The molecule has 29 heavy (non-hydrogen) atoms. The summed E-state index contributed by atoms with van der Waals surface area (Å²) >= 11 is 0. The standard InChI is InChI=1S/C24H19N5/c1-28-17-22-12-23(10-11-24(22)27-28)29(15-20-6-2-18(13-25)3-7-20)16-21-8-4-19(14-26)5-9-21/h2-12,17H,15-16H2,1H3. The van der Waals surface area contributed by atoms with E-state index in [0.29, 0.717) is 24.2 Å². The van der Waals surface area contributed by atoms with Crippen LogP contribution in [-0.2, 0) is 20.1 Å². The van der Waals surface area contributed by atoms with Gasteiger partial charge < -0.3 is 4.90 Å². The highest BCUT2D eigenvalue weighted by molar-refractivity contribution is 5.82. The summed E-state index contributed by atoms with van der Waals surface area (Å²) in [5, 5.41) is 23.6. The van der Waals surface area contributed by atoms with Gasteiger partial charge in [0.2, 0.25) is 0 Å². The quantitative estimate of drug-likeness (QED) is 0.513. The van der Waals surface area contributed by atoms with Gasteiger partial charge in [-0.2, -0.15) is 15.6 Å². The molecule has 3 aromatic carbocycles. The van der Waals surface area contributed by atoms with Crippen molar-refractivity contribution in [2.24, 2.45) is 7.05 Å². The molecule has 5 nitrogen and oxygen atoms in total. The predicted molar refractivity (Wildman–Crippen MR) is 113 cm³/mol. The Labute approximate surface area is 169 Å². The molecule has 4 aromatic rings. The molecule has 0 radical (unpaired) electrons. The molecule has 0 spiro atoms. The maximum Gasteiger partial charge on any atom is 0.0991 e. The van der Waals surface area contributed by atoms with Crippen LogP contribution >= 0.6 is 0 Å². The Bertz CT molecular complexity index is 1160. The average molecular weight is 377 g/mol. The van der Waals surface area contributed by atoms with Crippen LogP contribution in [0.15, 0.2) is 72.9 Å². The summed E-state index contributed by atoms with van der Waals surface area (Å²) in [6.45, 7) is 1.41. The van der Waals surface area contributed by atoms with Gasteiger partial charge in [0.05, 0.1) is 28.8 Å². The number of benzene rings is 3. The molecule has 1 aromatic heterocycles. The van der Waals surface area contributed by atoms with Gasteiger partial charge in [-0.1, -0.05) is 24.3 Å². The zero-order valence-electron chi connectivity index (χ0n) is 16.1. The van der Waals surface area contributed by atoms with Crippen LogP contribution in [0.1, 0.15) is 22.3 Å². The van der Waals surface area contributed by atoms with E-state index in [1.807, 2.05) is 72.5 Å². The fourth-order valence-corrected chi connectivity index (χ4v) is 3.38. The molecule has 0 N–H and O–H groups in total. The van der Waals surface area contributed by atoms with E-state index in [1.54, 1.807) is 0 Å². The van der Waals surface area contributed by atoms with Crippen molar-refractivity contribution in [3.8, 4) is 12.1 Å². The lowest BCUT2D eigenvalue weighted by molar-refractivity contribution is 0.780. The van der Waals surface area contributed by atoms with Crippen LogP contribution in [0.5, 0.6) is 0 Å². The van der Waals surface area contributed by atoms with E-state index >= 15 is 0 Å². The molecule has 0 amide bonds. The van der Waals surface area contributed by atoms with E-state index in [0.717, 1.165) is 27.7 Å². The Balaban J connectivity index is 1.67. The van der Waals surface area contributed by atoms with Gasteiger partial charge in [-0.3, -0.25) is 4.68 Å². The van der Waals surface area contributed by atoms with Gasteiger partial charge in [-0.15, -0.1) is 0 Å². The minimum atomic E-state index is 0.657. The van der Waals surface area contributed by atoms with Crippen LogP contribution < -0.4 is 4.90 Å². The number of hydrogen-bond donors (Lipinski definition) is 0. The maximum absolute atomic E-state index is 9.04. The molecule has 0 unspecified atom stereocenters. The first kappa shape index (κ1) is 18.3. The second-order valence-electron chi connectivity index (χ2n) is 7.02. The number of aromatic nitrogens is 2. The van der Waals surface area contributed by atoms with E-state index in [9.17, 15) is 0 Å². The van der Waals surface area contributed by atoms with Gasteiger partial charge in [-0.25, -0.2) is 0 Å². The molecule has 1 heterocycles. The zero-order valence-corrected chi connectivity index (χ0v) is 16.1. The van der Waals surface area contributed by atoms with Crippen molar-refractivity contribution < 1.29 is 0 Å². The van der Waals surface area contributed by atoms with E-state index in [1.165, 1.54) is 0 Å². The van der Waals surface area contributed by atoms with E-state index < -0.39 is 0 Å². The molecule has 0 aliphatic heterocycles. The smallest absolute Gasteiger partial charge is 0.0991 e. The lowest BCUT2D eigenvalue weighted by Gasteiger charge is -2.25. The zero-order chi connectivity index (χ0) is 20.2. The highest BCUT2D eigenvalue weighted by atomic mass is 15.2. The summed E-state index contributed by atoms with van der Waals surface area (Å²) in [4.78, 5) is 2.29. The Kier molecular flexibility index (Phi) is 4.97. The minimum Gasteiger partial charge on any atom is -0.363 e. The largest absolute Gasteiger partial charge is 0.363 e. The van der Waals surface area contributed by atoms with E-state index in [4.69, 9.17) is 10.5 Å². The molecule has 0 aliphatic carbocycles. The normalized spacial score (nSPS) is 10.4. The lowest BCUT2D eigenvalue weighted by Crippen LogP contribution is -2.22. The molecular formula is C24H19N5. The molecular weight excluding hydrogens is 358 g/mol. The number of aryl methyl sites for hydroxylation is 1. The van der Waals surface area contributed by atoms with Crippen molar-refractivity contribution in [2.75, 3.05) is 4.90 Å². The summed E-state index contributed by atoms with van der Waals surface area (Å²) in [7, 11) is 1.92. The average Bonchev–Trinajstić information content (AvgIpc) is 3.13. The Morgan fingerprint density at radius 2 is 1.38 bits per heavy atom. The molecule has 140 valence electrons. The first-order valence-corrected chi connectivity index (χ1v) is 9.31. The second-order valence-corrected chi connectivity index (χ2v) is 7.02. The van der Waals surface area contributed by atoms with Crippen molar-refractivity contribution in [1.29, 1.82) is 10.5 Å². The van der Waals surface area contributed by atoms with Crippen LogP contribution in [0, 0.1) is 22.7 Å². The molecule has 0 atom stereocenters. The Morgan fingerprint density at radius 3 is 1.90 bits per heavy atom. The number of nitrogens with zero attached hydrogens (tertiary/aromatic N) is 5. The maximum atomic E-state index is 9.04. The third-order valence-corrected chi connectivity index (χ3v) is 4.88. The van der Waals surface area contributed by atoms with E-state index in [-0.39, 0.29) is 0 Å². The summed E-state index contributed by atoms with van der Waals surface area (Å²) in [5.74, 6) is 0. The van der Waals surface area contributed by atoms with Crippen molar-refractivity contribution in [1.82, 2.24) is 9.78 Å². The van der Waals surface area contributed by atoms with Crippen molar-refractivity contribution in [3.63, 3.8) is 0 Å². The summed E-state index contributed by atoms with van der Waals surface area (Å²) in [6, 6.07) is 26.0. The molecule has 4 rings (SSSR count). The number of anilines is 1. The second kappa shape index (κ2) is 7.88. The fraction of sp³-hybridized carbons (Fsp3) is 0.125. The first-order valence-electron chi connectivity index (χ1n) is 9.31. The van der Waals surface area contributed by atoms with E-state index in [2.05, 4.69) is 34.3 Å². The van der Waals surface area contributed by atoms with Gasteiger partial charge in [0.1, 0.15) is 0 Å². The number of rotatable bonds is 5. The third-order valence-electron chi connectivity index (χ3n) is 4.88.